The van der Waals surface area contributed by atoms with Gasteiger partial charge in [0.1, 0.15) is 0 Å². The lowest BCUT2D eigenvalue weighted by Crippen LogP contribution is -2.33. The maximum absolute atomic E-state index is 13.4. The van der Waals surface area contributed by atoms with Crippen molar-refractivity contribution in [3.05, 3.63) is 35.4 Å². The van der Waals surface area contributed by atoms with E-state index in [2.05, 4.69) is 0 Å². The molecule has 0 bridgehead atoms. The molecule has 1 N–H and O–H groups in total. The Morgan fingerprint density at radius 2 is 1.82 bits per heavy atom. The number of carboxylic acids is 1. The van der Waals surface area contributed by atoms with Crippen molar-refractivity contribution in [3.8, 4) is 0 Å². The summed E-state index contributed by atoms with van der Waals surface area (Å²) in [5.74, 6) is -6.39. The third-order valence-electron chi connectivity index (χ3n) is 2.88. The maximum Gasteiger partial charge on any atom is 0.378 e. The number of halogens is 3. The van der Waals surface area contributed by atoms with Gasteiger partial charge in [-0.1, -0.05) is 24.3 Å². The van der Waals surface area contributed by atoms with Crippen molar-refractivity contribution in [3.63, 3.8) is 0 Å². The molecule has 1 aliphatic rings. The minimum absolute atomic E-state index is 0.304. The van der Waals surface area contributed by atoms with Gasteiger partial charge in [-0.15, -0.1) is 0 Å². The molecule has 1 unspecified atom stereocenters. The molecule has 2 rings (SSSR count). The first-order valence-electron chi connectivity index (χ1n) is 5.28. The second kappa shape index (κ2) is 4.05. The first-order chi connectivity index (χ1) is 7.93. The number of hydrogen-bond acceptors (Lipinski definition) is 1. The molecular formula is C12H11F3O2. The van der Waals surface area contributed by atoms with Gasteiger partial charge < -0.3 is 5.11 Å². The number of carboxylic acid groups (broad SMARTS) is 1. The summed E-state index contributed by atoms with van der Waals surface area (Å²) in [6, 6.07) is 5.62. The molecule has 0 amide bonds. The average Bonchev–Trinajstić information content (AvgIpc) is 3.12. The van der Waals surface area contributed by atoms with Gasteiger partial charge in [0.05, 0.1) is 0 Å². The van der Waals surface area contributed by atoms with Crippen LogP contribution >= 0.6 is 0 Å². The normalized spacial score (nSPS) is 17.8. The Bertz CT molecular complexity index is 424. The summed E-state index contributed by atoms with van der Waals surface area (Å²) >= 11 is 0. The third-order valence-corrected chi connectivity index (χ3v) is 2.88. The van der Waals surface area contributed by atoms with E-state index in [1.165, 1.54) is 12.1 Å². The summed E-state index contributed by atoms with van der Waals surface area (Å²) in [5, 5.41) is 8.24. The molecule has 1 fully saturated rings. The predicted molar refractivity (Wildman–Crippen MR) is 54.8 cm³/mol. The molecule has 1 saturated carbocycles. The highest BCUT2D eigenvalue weighted by molar-refractivity contribution is 5.76. The fourth-order valence-electron chi connectivity index (χ4n) is 1.67. The SMILES string of the molecule is O=C(O)C(F)(F)C(F)c1ccc(C2CC2)cc1. The van der Waals surface area contributed by atoms with E-state index in [1.807, 2.05) is 0 Å². The molecule has 1 aromatic carbocycles. The lowest BCUT2D eigenvalue weighted by atomic mass is 10.0. The van der Waals surface area contributed by atoms with E-state index in [-0.39, 0.29) is 5.56 Å². The molecule has 1 aromatic rings. The summed E-state index contributed by atoms with van der Waals surface area (Å²) in [6.45, 7) is 0. The van der Waals surface area contributed by atoms with E-state index >= 15 is 0 Å². The van der Waals surface area contributed by atoms with E-state index in [0.717, 1.165) is 18.4 Å². The third kappa shape index (κ3) is 2.28. The smallest absolute Gasteiger partial charge is 0.378 e. The predicted octanol–water partition coefficient (Wildman–Crippen LogP) is 3.29. The van der Waals surface area contributed by atoms with Crippen LogP contribution in [0.3, 0.4) is 0 Å². The zero-order valence-corrected chi connectivity index (χ0v) is 8.87. The lowest BCUT2D eigenvalue weighted by molar-refractivity contribution is -0.175. The Labute approximate surface area is 96.1 Å². The topological polar surface area (TPSA) is 37.3 Å². The summed E-state index contributed by atoms with van der Waals surface area (Å²) < 4.78 is 39.2. The van der Waals surface area contributed by atoms with Crippen molar-refractivity contribution in [1.29, 1.82) is 0 Å². The van der Waals surface area contributed by atoms with Gasteiger partial charge in [-0.05, 0) is 29.9 Å². The molecule has 5 heteroatoms. The zero-order chi connectivity index (χ0) is 12.6. The van der Waals surface area contributed by atoms with Crippen LogP contribution in [0.2, 0.25) is 0 Å². The Morgan fingerprint density at radius 3 is 2.24 bits per heavy atom. The van der Waals surface area contributed by atoms with Crippen molar-refractivity contribution in [2.75, 3.05) is 0 Å². The van der Waals surface area contributed by atoms with E-state index in [1.54, 1.807) is 12.1 Å². The van der Waals surface area contributed by atoms with Gasteiger partial charge in [0, 0.05) is 0 Å². The van der Waals surface area contributed by atoms with Crippen molar-refractivity contribution in [2.45, 2.75) is 30.9 Å². The number of hydrogen-bond donors (Lipinski definition) is 1. The minimum Gasteiger partial charge on any atom is -0.477 e. The quantitative estimate of drug-likeness (QED) is 0.882. The van der Waals surface area contributed by atoms with Crippen LogP contribution in [0.1, 0.15) is 36.1 Å². The van der Waals surface area contributed by atoms with Crippen LogP contribution in [0.25, 0.3) is 0 Å². The van der Waals surface area contributed by atoms with Gasteiger partial charge in [0.15, 0.2) is 6.17 Å². The van der Waals surface area contributed by atoms with Gasteiger partial charge in [-0.3, -0.25) is 0 Å². The van der Waals surface area contributed by atoms with E-state index in [4.69, 9.17) is 5.11 Å². The Hall–Kier alpha value is -1.52. The van der Waals surface area contributed by atoms with Crippen molar-refractivity contribution >= 4 is 5.97 Å². The van der Waals surface area contributed by atoms with Gasteiger partial charge in [0.2, 0.25) is 0 Å². The molecule has 0 radical (unpaired) electrons. The van der Waals surface area contributed by atoms with Crippen molar-refractivity contribution < 1.29 is 23.1 Å². The summed E-state index contributed by atoms with van der Waals surface area (Å²) in [7, 11) is 0. The fraction of sp³-hybridized carbons (Fsp3) is 0.417. The Balaban J connectivity index is 2.18. The van der Waals surface area contributed by atoms with Crippen LogP contribution in [0, 0.1) is 0 Å². The second-order valence-corrected chi connectivity index (χ2v) is 4.23. The molecule has 0 saturated heterocycles. The molecule has 2 nitrogen and oxygen atoms in total. The number of carbonyl (C=O) groups is 1. The average molecular weight is 244 g/mol. The van der Waals surface area contributed by atoms with Crippen LogP contribution in [-0.2, 0) is 4.79 Å². The van der Waals surface area contributed by atoms with Crippen LogP contribution in [-0.4, -0.2) is 17.0 Å². The first-order valence-corrected chi connectivity index (χ1v) is 5.28. The minimum atomic E-state index is -4.39. The largest absolute Gasteiger partial charge is 0.477 e. The standard InChI is InChI=1S/C12H11F3O2/c13-10(12(14,15)11(16)17)9-5-3-8(4-6-9)7-1-2-7/h3-7,10H,1-2H2,(H,16,17). The Morgan fingerprint density at radius 1 is 1.29 bits per heavy atom. The van der Waals surface area contributed by atoms with Gasteiger partial charge in [-0.25, -0.2) is 9.18 Å². The summed E-state index contributed by atoms with van der Waals surface area (Å²) in [4.78, 5) is 10.2. The fourth-order valence-corrected chi connectivity index (χ4v) is 1.67. The molecule has 0 heterocycles. The van der Waals surface area contributed by atoms with Gasteiger partial charge >= 0.3 is 11.9 Å². The van der Waals surface area contributed by atoms with Gasteiger partial charge in [-0.2, -0.15) is 8.78 Å². The van der Waals surface area contributed by atoms with Crippen molar-refractivity contribution in [1.82, 2.24) is 0 Å². The molecule has 0 aliphatic heterocycles. The molecular weight excluding hydrogens is 233 g/mol. The molecule has 92 valence electrons. The van der Waals surface area contributed by atoms with Crippen LogP contribution in [0.4, 0.5) is 13.2 Å². The van der Waals surface area contributed by atoms with Gasteiger partial charge in [0.25, 0.3) is 0 Å². The molecule has 1 aliphatic carbocycles. The maximum atomic E-state index is 13.4. The zero-order valence-electron chi connectivity index (χ0n) is 8.87. The highest BCUT2D eigenvalue weighted by Crippen LogP contribution is 2.41. The summed E-state index contributed by atoms with van der Waals surface area (Å²) in [5.41, 5.74) is 0.682. The highest BCUT2D eigenvalue weighted by atomic mass is 19.3. The lowest BCUT2D eigenvalue weighted by Gasteiger charge is -2.16. The van der Waals surface area contributed by atoms with E-state index < -0.39 is 18.1 Å². The first kappa shape index (κ1) is 12.0. The number of alkyl halides is 3. The summed E-state index contributed by atoms with van der Waals surface area (Å²) in [6.07, 6.45) is -0.693. The van der Waals surface area contributed by atoms with Crippen LogP contribution in [0.5, 0.6) is 0 Å². The molecule has 1 atom stereocenters. The second-order valence-electron chi connectivity index (χ2n) is 4.23. The van der Waals surface area contributed by atoms with E-state index in [9.17, 15) is 18.0 Å². The Kier molecular flexibility index (Phi) is 2.85. The van der Waals surface area contributed by atoms with E-state index in [0.29, 0.717) is 5.92 Å². The van der Waals surface area contributed by atoms with Crippen LogP contribution in [0.15, 0.2) is 24.3 Å². The number of aliphatic carboxylic acids is 1. The number of rotatable bonds is 4. The number of benzene rings is 1. The van der Waals surface area contributed by atoms with Crippen molar-refractivity contribution in [2.24, 2.45) is 0 Å². The molecule has 0 aromatic heterocycles. The molecule has 0 spiro atoms. The monoisotopic (exact) mass is 244 g/mol. The van der Waals surface area contributed by atoms with Crippen LogP contribution < -0.4 is 0 Å². The highest BCUT2D eigenvalue weighted by Gasteiger charge is 2.49. The molecule has 17 heavy (non-hydrogen) atoms.